The van der Waals surface area contributed by atoms with Crippen LogP contribution in [-0.2, 0) is 19.9 Å². The molecule has 1 heterocycles. The second-order valence-corrected chi connectivity index (χ2v) is 8.06. The Bertz CT molecular complexity index is 609. The van der Waals surface area contributed by atoms with Crippen LogP contribution in [0.1, 0.15) is 0 Å². The van der Waals surface area contributed by atoms with E-state index in [1.165, 1.54) is 25.5 Å². The third-order valence-electron chi connectivity index (χ3n) is 1.95. The number of pyridine rings is 1. The summed E-state index contributed by atoms with van der Waals surface area (Å²) in [6, 6.07) is 1.40. The van der Waals surface area contributed by atoms with Gasteiger partial charge in [0.15, 0.2) is 14.9 Å². The summed E-state index contributed by atoms with van der Waals surface area (Å²) in [5.74, 6) is 0. The van der Waals surface area contributed by atoms with Gasteiger partial charge in [-0.05, 0) is 6.07 Å². The summed E-state index contributed by atoms with van der Waals surface area (Å²) in [6.45, 7) is 0. The minimum Gasteiger partial charge on any atom is -0.396 e. The van der Waals surface area contributed by atoms with Crippen molar-refractivity contribution in [2.45, 2.75) is 0 Å². The van der Waals surface area contributed by atoms with E-state index in [-0.39, 0.29) is 11.4 Å². The van der Waals surface area contributed by atoms with Gasteiger partial charge in [0.2, 0.25) is 10.0 Å². The number of sulfonamides is 1. The molecule has 1 aromatic rings. The van der Waals surface area contributed by atoms with Crippen molar-refractivity contribution in [1.82, 2.24) is 4.98 Å². The van der Waals surface area contributed by atoms with Crippen molar-refractivity contribution in [2.75, 3.05) is 28.4 Å². The van der Waals surface area contributed by atoms with Gasteiger partial charge in [0.1, 0.15) is 0 Å². The highest BCUT2D eigenvalue weighted by Crippen LogP contribution is 2.23. The van der Waals surface area contributed by atoms with Crippen molar-refractivity contribution in [2.24, 2.45) is 0 Å². The summed E-state index contributed by atoms with van der Waals surface area (Å²) in [7, 11) is -6.35. The fraction of sp³-hybridized carbons (Fsp3) is 0.375. The van der Waals surface area contributed by atoms with Crippen LogP contribution in [0.5, 0.6) is 0 Å². The highest BCUT2D eigenvalue weighted by atomic mass is 32.3. The van der Waals surface area contributed by atoms with Crippen molar-refractivity contribution in [1.29, 1.82) is 0 Å². The Balaban J connectivity index is 3.14. The predicted molar refractivity (Wildman–Crippen MR) is 65.7 cm³/mol. The third-order valence-corrected chi connectivity index (χ3v) is 5.88. The Labute approximate surface area is 100 Å². The Hall–Kier alpha value is -1.35. The maximum Gasteiger partial charge on any atom is 0.249 e. The molecule has 0 atom stereocenters. The molecule has 7 nitrogen and oxygen atoms in total. The Morgan fingerprint density at radius 1 is 1.35 bits per heavy atom. The van der Waals surface area contributed by atoms with Crippen LogP contribution in [-0.4, -0.2) is 40.2 Å². The number of nitrogen functional groups attached to an aromatic ring is 1. The van der Waals surface area contributed by atoms with Gasteiger partial charge < -0.3 is 5.73 Å². The predicted octanol–water partition coefficient (Wildman–Crippen LogP) is -0.568. The number of hydrogen-bond acceptors (Lipinski definition) is 6. The summed E-state index contributed by atoms with van der Waals surface area (Å²) in [4.78, 5) is 3.72. The third kappa shape index (κ3) is 3.56. The van der Waals surface area contributed by atoms with Crippen LogP contribution in [0.15, 0.2) is 18.5 Å². The highest BCUT2D eigenvalue weighted by molar-refractivity contribution is 8.08. The summed E-state index contributed by atoms with van der Waals surface area (Å²) >= 11 is 0. The zero-order valence-corrected chi connectivity index (χ0v) is 11.0. The molecule has 0 aliphatic carbocycles. The molecule has 1 aromatic heterocycles. The average molecular weight is 279 g/mol. The summed E-state index contributed by atoms with van der Waals surface area (Å²) in [5.41, 5.74) is 5.92. The number of nitrogens with zero attached hydrogens (tertiary/aromatic N) is 2. The summed E-state index contributed by atoms with van der Waals surface area (Å²) in [6.07, 6.45) is 3.52. The van der Waals surface area contributed by atoms with Gasteiger partial charge in [0.05, 0.1) is 17.6 Å². The summed E-state index contributed by atoms with van der Waals surface area (Å²) < 4.78 is 46.4. The van der Waals surface area contributed by atoms with Gasteiger partial charge in [-0.15, -0.1) is 0 Å². The van der Waals surface area contributed by atoms with Crippen LogP contribution in [0.3, 0.4) is 0 Å². The molecule has 1 rings (SSSR count). The van der Waals surface area contributed by atoms with Crippen LogP contribution < -0.4 is 10.0 Å². The molecule has 0 fully saturated rings. The number of sulfone groups is 1. The van der Waals surface area contributed by atoms with E-state index < -0.39 is 24.9 Å². The molecule has 0 aromatic carbocycles. The first-order valence-electron chi connectivity index (χ1n) is 4.47. The lowest BCUT2D eigenvalue weighted by atomic mass is 10.3. The van der Waals surface area contributed by atoms with Gasteiger partial charge in [-0.25, -0.2) is 16.8 Å². The van der Waals surface area contributed by atoms with E-state index in [1.807, 2.05) is 0 Å². The van der Waals surface area contributed by atoms with Crippen LogP contribution in [0.4, 0.5) is 11.4 Å². The normalized spacial score (nSPS) is 12.4. The smallest absolute Gasteiger partial charge is 0.249 e. The largest absolute Gasteiger partial charge is 0.396 e. The van der Waals surface area contributed by atoms with E-state index in [0.29, 0.717) is 0 Å². The van der Waals surface area contributed by atoms with Gasteiger partial charge in [-0.3, -0.25) is 9.29 Å². The molecular weight excluding hydrogens is 266 g/mol. The standard InChI is InChI=1S/C8H13N3O4S2/c1-11(8-3-4-10-5-7(8)9)17(14,15)6-16(2,12)13/h3-5H,6,9H2,1-2H3. The second-order valence-electron chi connectivity index (χ2n) is 3.56. The number of aromatic nitrogens is 1. The quantitative estimate of drug-likeness (QED) is 0.790. The molecule has 0 radical (unpaired) electrons. The van der Waals surface area contributed by atoms with Gasteiger partial charge in [-0.2, -0.15) is 0 Å². The Morgan fingerprint density at radius 2 is 1.94 bits per heavy atom. The molecular formula is C8H13N3O4S2. The average Bonchev–Trinajstić information content (AvgIpc) is 2.13. The molecule has 96 valence electrons. The van der Waals surface area contributed by atoms with Gasteiger partial charge in [-0.1, -0.05) is 0 Å². The highest BCUT2D eigenvalue weighted by Gasteiger charge is 2.24. The van der Waals surface area contributed by atoms with E-state index in [9.17, 15) is 16.8 Å². The monoisotopic (exact) mass is 279 g/mol. The van der Waals surface area contributed by atoms with E-state index in [4.69, 9.17) is 5.73 Å². The van der Waals surface area contributed by atoms with Gasteiger partial charge >= 0.3 is 0 Å². The molecule has 0 aliphatic rings. The van der Waals surface area contributed by atoms with Crippen molar-refractivity contribution in [3.05, 3.63) is 18.5 Å². The first kappa shape index (κ1) is 13.7. The fourth-order valence-corrected chi connectivity index (χ4v) is 4.45. The van der Waals surface area contributed by atoms with E-state index in [0.717, 1.165) is 10.6 Å². The van der Waals surface area contributed by atoms with E-state index >= 15 is 0 Å². The lowest BCUT2D eigenvalue weighted by Crippen LogP contribution is -2.32. The molecule has 0 saturated carbocycles. The minimum atomic E-state index is -3.96. The molecule has 9 heteroatoms. The van der Waals surface area contributed by atoms with Crippen molar-refractivity contribution in [3.8, 4) is 0 Å². The summed E-state index contributed by atoms with van der Waals surface area (Å²) in [5, 5.41) is -0.960. The Morgan fingerprint density at radius 3 is 2.41 bits per heavy atom. The lowest BCUT2D eigenvalue weighted by Gasteiger charge is -2.19. The number of rotatable bonds is 4. The van der Waals surface area contributed by atoms with Crippen LogP contribution in [0.25, 0.3) is 0 Å². The maximum atomic E-state index is 11.8. The maximum absolute atomic E-state index is 11.8. The molecule has 0 unspecified atom stereocenters. The van der Waals surface area contributed by atoms with Gasteiger partial charge in [0.25, 0.3) is 0 Å². The molecule has 0 saturated heterocycles. The number of nitrogens with two attached hydrogens (primary N) is 1. The van der Waals surface area contributed by atoms with Crippen molar-refractivity contribution in [3.63, 3.8) is 0 Å². The first-order chi connectivity index (χ1) is 7.63. The molecule has 2 N–H and O–H groups in total. The van der Waals surface area contributed by atoms with Crippen molar-refractivity contribution < 1.29 is 16.8 Å². The van der Waals surface area contributed by atoms with Crippen LogP contribution in [0.2, 0.25) is 0 Å². The van der Waals surface area contributed by atoms with Crippen molar-refractivity contribution >= 4 is 31.2 Å². The van der Waals surface area contributed by atoms with Crippen LogP contribution >= 0.6 is 0 Å². The molecule has 0 aliphatic heterocycles. The van der Waals surface area contributed by atoms with E-state index in [1.54, 1.807) is 0 Å². The van der Waals surface area contributed by atoms with Crippen LogP contribution in [0, 0.1) is 0 Å². The zero-order valence-electron chi connectivity index (χ0n) is 9.36. The second kappa shape index (κ2) is 4.49. The fourth-order valence-electron chi connectivity index (χ4n) is 1.19. The van der Waals surface area contributed by atoms with E-state index in [2.05, 4.69) is 4.98 Å². The Kier molecular flexibility index (Phi) is 3.62. The number of anilines is 2. The van der Waals surface area contributed by atoms with Gasteiger partial charge in [0, 0.05) is 19.5 Å². The lowest BCUT2D eigenvalue weighted by molar-refractivity contribution is 0.590. The molecule has 0 spiro atoms. The molecule has 0 amide bonds. The molecule has 0 bridgehead atoms. The first-order valence-corrected chi connectivity index (χ1v) is 8.14. The molecule has 17 heavy (non-hydrogen) atoms. The SMILES string of the molecule is CN(c1ccncc1N)S(=O)(=O)CS(C)(=O)=O. The minimum absolute atomic E-state index is 0.159. The zero-order chi connectivity index (χ0) is 13.3. The topological polar surface area (TPSA) is 110 Å². The number of hydrogen-bond donors (Lipinski definition) is 1.